The van der Waals surface area contributed by atoms with Crippen LogP contribution in [0.15, 0.2) is 36.7 Å². The third kappa shape index (κ3) is 4.84. The van der Waals surface area contributed by atoms with E-state index in [1.54, 1.807) is 24.5 Å². The number of carbonyl (C=O) groups is 1. The van der Waals surface area contributed by atoms with E-state index in [2.05, 4.69) is 15.5 Å². The number of rotatable bonds is 5. The van der Waals surface area contributed by atoms with Crippen LogP contribution < -0.4 is 11.1 Å². The summed E-state index contributed by atoms with van der Waals surface area (Å²) < 4.78 is 0. The average molecular weight is 310 g/mol. The van der Waals surface area contributed by atoms with E-state index in [0.717, 1.165) is 5.69 Å². The van der Waals surface area contributed by atoms with Crippen molar-refractivity contribution in [1.29, 1.82) is 0 Å². The fourth-order valence-electron chi connectivity index (χ4n) is 1.88. The van der Waals surface area contributed by atoms with Gasteiger partial charge < -0.3 is 11.1 Å². The molecule has 0 radical (unpaired) electrons. The number of carbonyl (C=O) groups excluding carboxylic acids is 1. The largest absolute Gasteiger partial charge is 0.325 e. The Labute approximate surface area is 130 Å². The number of nitrogens with one attached hydrogen (secondary N) is 1. The molecule has 0 spiro atoms. The Morgan fingerprint density at radius 2 is 1.81 bits per heavy atom. The van der Waals surface area contributed by atoms with E-state index in [1.807, 2.05) is 26.0 Å². The van der Waals surface area contributed by atoms with Gasteiger partial charge in [0, 0.05) is 5.69 Å². The van der Waals surface area contributed by atoms with Gasteiger partial charge in [-0.05, 0) is 36.6 Å². The van der Waals surface area contributed by atoms with Crippen molar-refractivity contribution < 1.29 is 4.79 Å². The van der Waals surface area contributed by atoms with Gasteiger partial charge in [-0.25, -0.2) is 0 Å². The molecule has 0 aliphatic rings. The summed E-state index contributed by atoms with van der Waals surface area (Å²) in [7, 11) is 0. The fraction of sp³-hybridized carbons (Fsp3) is 0.357. The number of anilines is 1. The summed E-state index contributed by atoms with van der Waals surface area (Å²) in [6.45, 7) is 4.08. The van der Waals surface area contributed by atoms with Crippen LogP contribution in [0.4, 0.5) is 5.69 Å². The maximum atomic E-state index is 11.9. The van der Waals surface area contributed by atoms with Crippen LogP contribution in [0, 0.1) is 5.92 Å². The van der Waals surface area contributed by atoms with Crippen LogP contribution in [0.25, 0.3) is 5.69 Å². The molecule has 7 heteroatoms. The Morgan fingerprint density at radius 1 is 1.24 bits per heavy atom. The van der Waals surface area contributed by atoms with Gasteiger partial charge in [-0.2, -0.15) is 15.0 Å². The molecule has 1 aromatic heterocycles. The first-order valence-electron chi connectivity index (χ1n) is 6.59. The summed E-state index contributed by atoms with van der Waals surface area (Å²) in [5, 5.41) is 10.9. The lowest BCUT2D eigenvalue weighted by molar-refractivity contribution is -0.117. The monoisotopic (exact) mass is 309 g/mol. The molecule has 0 saturated heterocycles. The minimum atomic E-state index is -0.484. The summed E-state index contributed by atoms with van der Waals surface area (Å²) in [6.07, 6.45) is 3.89. The summed E-state index contributed by atoms with van der Waals surface area (Å²) in [4.78, 5) is 13.4. The second kappa shape index (κ2) is 7.75. The van der Waals surface area contributed by atoms with Crippen LogP contribution in [0.5, 0.6) is 0 Å². The Balaban J connectivity index is 0.00000220. The highest BCUT2D eigenvalue weighted by Gasteiger charge is 2.14. The molecule has 0 fully saturated rings. The van der Waals surface area contributed by atoms with Crippen molar-refractivity contribution in [1.82, 2.24) is 15.0 Å². The zero-order chi connectivity index (χ0) is 14.5. The Morgan fingerprint density at radius 3 is 2.33 bits per heavy atom. The first kappa shape index (κ1) is 17.1. The van der Waals surface area contributed by atoms with E-state index in [1.165, 1.54) is 4.80 Å². The van der Waals surface area contributed by atoms with Crippen molar-refractivity contribution in [3.63, 3.8) is 0 Å². The Kier molecular flexibility index (Phi) is 6.33. The van der Waals surface area contributed by atoms with Gasteiger partial charge >= 0.3 is 0 Å². The van der Waals surface area contributed by atoms with E-state index in [4.69, 9.17) is 5.73 Å². The van der Waals surface area contributed by atoms with E-state index in [9.17, 15) is 4.79 Å². The van der Waals surface area contributed by atoms with Crippen LogP contribution in [-0.2, 0) is 4.79 Å². The molecule has 3 N–H and O–H groups in total. The molecular weight excluding hydrogens is 290 g/mol. The van der Waals surface area contributed by atoms with Crippen molar-refractivity contribution in [3.05, 3.63) is 36.7 Å². The molecule has 0 aliphatic carbocycles. The molecule has 0 aliphatic heterocycles. The van der Waals surface area contributed by atoms with Gasteiger partial charge in [0.05, 0.1) is 24.1 Å². The molecule has 1 amide bonds. The van der Waals surface area contributed by atoms with E-state index >= 15 is 0 Å². The second-order valence-corrected chi connectivity index (χ2v) is 5.09. The number of amides is 1. The summed E-state index contributed by atoms with van der Waals surface area (Å²) >= 11 is 0. The second-order valence-electron chi connectivity index (χ2n) is 5.09. The zero-order valence-electron chi connectivity index (χ0n) is 12.1. The lowest BCUT2D eigenvalue weighted by Gasteiger charge is -2.14. The first-order chi connectivity index (χ1) is 9.56. The topological polar surface area (TPSA) is 85.8 Å². The lowest BCUT2D eigenvalue weighted by atomic mass is 10.0. The van der Waals surface area contributed by atoms with E-state index < -0.39 is 6.04 Å². The van der Waals surface area contributed by atoms with Crippen molar-refractivity contribution in [2.24, 2.45) is 11.7 Å². The highest BCUT2D eigenvalue weighted by molar-refractivity contribution is 5.94. The number of aromatic nitrogens is 3. The molecule has 1 aromatic carbocycles. The lowest BCUT2D eigenvalue weighted by Crippen LogP contribution is -2.36. The van der Waals surface area contributed by atoms with Crippen molar-refractivity contribution in [3.8, 4) is 5.69 Å². The average Bonchev–Trinajstić information content (AvgIpc) is 2.92. The molecule has 0 saturated carbocycles. The number of hydrogen-bond acceptors (Lipinski definition) is 4. The zero-order valence-corrected chi connectivity index (χ0v) is 12.9. The number of nitrogens with two attached hydrogens (primary N) is 1. The fourth-order valence-corrected chi connectivity index (χ4v) is 1.88. The maximum Gasteiger partial charge on any atom is 0.241 e. The summed E-state index contributed by atoms with van der Waals surface area (Å²) in [6, 6.07) is 6.80. The highest BCUT2D eigenvalue weighted by atomic mass is 35.5. The minimum Gasteiger partial charge on any atom is -0.325 e. The predicted molar refractivity (Wildman–Crippen MR) is 84.7 cm³/mol. The smallest absolute Gasteiger partial charge is 0.241 e. The van der Waals surface area contributed by atoms with E-state index in [-0.39, 0.29) is 18.3 Å². The van der Waals surface area contributed by atoms with Crippen LogP contribution >= 0.6 is 12.4 Å². The number of nitrogens with zero attached hydrogens (tertiary/aromatic N) is 3. The van der Waals surface area contributed by atoms with Gasteiger partial charge in [0.15, 0.2) is 0 Å². The number of halogens is 1. The molecule has 1 atom stereocenters. The van der Waals surface area contributed by atoms with Crippen LogP contribution in [0.2, 0.25) is 0 Å². The normalized spacial score (nSPS) is 11.8. The molecular formula is C14H20ClN5O. The van der Waals surface area contributed by atoms with Gasteiger partial charge in [0.1, 0.15) is 0 Å². The standard InChI is InChI=1S/C14H19N5O.ClH/c1-10(2)9-13(15)14(20)18-11-3-5-12(6-4-11)19-16-7-8-17-19;/h3-8,10,13H,9,15H2,1-2H3,(H,18,20);1H/t13-;/m0./s1. The van der Waals surface area contributed by atoms with E-state index in [0.29, 0.717) is 18.0 Å². The molecule has 2 rings (SSSR count). The van der Waals surface area contributed by atoms with Gasteiger partial charge in [0.2, 0.25) is 5.91 Å². The summed E-state index contributed by atoms with van der Waals surface area (Å²) in [5.74, 6) is 0.229. The molecule has 6 nitrogen and oxygen atoms in total. The molecule has 21 heavy (non-hydrogen) atoms. The first-order valence-corrected chi connectivity index (χ1v) is 6.59. The number of benzene rings is 1. The molecule has 114 valence electrons. The summed E-state index contributed by atoms with van der Waals surface area (Å²) in [5.41, 5.74) is 7.38. The molecule has 2 aromatic rings. The van der Waals surface area contributed by atoms with Gasteiger partial charge in [-0.3, -0.25) is 4.79 Å². The van der Waals surface area contributed by atoms with Crippen LogP contribution in [-0.4, -0.2) is 26.9 Å². The SMILES string of the molecule is CC(C)C[C@H](N)C(=O)Nc1ccc(-n2nccn2)cc1.Cl. The van der Waals surface area contributed by atoms with Crippen LogP contribution in [0.1, 0.15) is 20.3 Å². The van der Waals surface area contributed by atoms with Gasteiger partial charge in [-0.1, -0.05) is 13.8 Å². The Bertz CT molecular complexity index is 553. The van der Waals surface area contributed by atoms with Crippen molar-refractivity contribution in [2.45, 2.75) is 26.3 Å². The van der Waals surface area contributed by atoms with Crippen molar-refractivity contribution >= 4 is 24.0 Å². The minimum absolute atomic E-state index is 0. The number of hydrogen-bond donors (Lipinski definition) is 2. The third-order valence-corrected chi connectivity index (χ3v) is 2.85. The maximum absolute atomic E-state index is 11.9. The van der Waals surface area contributed by atoms with Crippen molar-refractivity contribution in [2.75, 3.05) is 5.32 Å². The third-order valence-electron chi connectivity index (χ3n) is 2.85. The van der Waals surface area contributed by atoms with Crippen LogP contribution in [0.3, 0.4) is 0 Å². The van der Waals surface area contributed by atoms with Gasteiger partial charge in [0.25, 0.3) is 0 Å². The quantitative estimate of drug-likeness (QED) is 0.884. The van der Waals surface area contributed by atoms with Gasteiger partial charge in [-0.15, -0.1) is 12.4 Å². The molecule has 1 heterocycles. The predicted octanol–water partition coefficient (Wildman–Crippen LogP) is 2.00. The highest BCUT2D eigenvalue weighted by Crippen LogP contribution is 2.13. The molecule has 0 bridgehead atoms. The molecule has 0 unspecified atom stereocenters. The Hall–Kier alpha value is -1.92.